The number of nitrogens with one attached hydrogen (secondary N) is 1. The number of amides is 1. The molecule has 0 radical (unpaired) electrons. The van der Waals surface area contributed by atoms with Crippen LogP contribution in [-0.2, 0) is 11.8 Å². The lowest BCUT2D eigenvalue weighted by Gasteiger charge is -2.34. The monoisotopic (exact) mass is 338 g/mol. The van der Waals surface area contributed by atoms with E-state index in [9.17, 15) is 4.79 Å². The normalized spacial score (nSPS) is 18.6. The molecular formula is C20H26N4O. The number of rotatable bonds is 6. The number of nitrogens with zero attached hydrogens (tertiary/aromatic N) is 3. The highest BCUT2D eigenvalue weighted by molar-refractivity contribution is 5.77. The summed E-state index contributed by atoms with van der Waals surface area (Å²) in [5, 5.41) is 7.44. The van der Waals surface area contributed by atoms with Gasteiger partial charge in [-0.05, 0) is 18.4 Å². The highest BCUT2D eigenvalue weighted by Gasteiger charge is 2.23. The van der Waals surface area contributed by atoms with Crippen LogP contribution in [0.1, 0.15) is 30.7 Å². The van der Waals surface area contributed by atoms with Gasteiger partial charge in [-0.2, -0.15) is 5.10 Å². The predicted octanol–water partition coefficient (Wildman–Crippen LogP) is 2.87. The zero-order valence-corrected chi connectivity index (χ0v) is 14.8. The zero-order chi connectivity index (χ0) is 17.6. The number of hydrogen-bond donors (Lipinski definition) is 1. The van der Waals surface area contributed by atoms with Crippen molar-refractivity contribution < 1.29 is 4.79 Å². The van der Waals surface area contributed by atoms with E-state index in [1.165, 1.54) is 0 Å². The third-order valence-electron chi connectivity index (χ3n) is 4.76. The second kappa shape index (κ2) is 8.01. The molecular weight excluding hydrogens is 312 g/mol. The smallest absolute Gasteiger partial charge is 0.221 e. The van der Waals surface area contributed by atoms with Gasteiger partial charge in [-0.3, -0.25) is 9.48 Å². The van der Waals surface area contributed by atoms with E-state index >= 15 is 0 Å². The van der Waals surface area contributed by atoms with Gasteiger partial charge in [-0.15, -0.1) is 6.58 Å². The molecule has 0 saturated carbocycles. The lowest BCUT2D eigenvalue weighted by Crippen LogP contribution is -2.48. The first-order valence-electron chi connectivity index (χ1n) is 8.86. The summed E-state index contributed by atoms with van der Waals surface area (Å²) in [5.41, 5.74) is 2.25. The van der Waals surface area contributed by atoms with E-state index in [4.69, 9.17) is 0 Å². The molecule has 1 amide bonds. The molecule has 132 valence electrons. The van der Waals surface area contributed by atoms with E-state index in [1.807, 2.05) is 60.5 Å². The van der Waals surface area contributed by atoms with Crippen LogP contribution in [0.25, 0.3) is 0 Å². The van der Waals surface area contributed by atoms with E-state index in [0.29, 0.717) is 6.42 Å². The molecule has 1 N–H and O–H groups in total. The van der Waals surface area contributed by atoms with Gasteiger partial charge in [0.05, 0.1) is 11.9 Å². The van der Waals surface area contributed by atoms with Crippen molar-refractivity contribution in [2.24, 2.45) is 7.05 Å². The van der Waals surface area contributed by atoms with E-state index in [0.717, 1.165) is 37.2 Å². The van der Waals surface area contributed by atoms with Gasteiger partial charge in [0.25, 0.3) is 0 Å². The molecule has 2 heterocycles. The summed E-state index contributed by atoms with van der Waals surface area (Å²) in [7, 11) is 1.92. The molecule has 25 heavy (non-hydrogen) atoms. The summed E-state index contributed by atoms with van der Waals surface area (Å²) in [6.45, 7) is 5.74. The molecule has 1 saturated heterocycles. The Labute approximate surface area is 149 Å². The first-order valence-corrected chi connectivity index (χ1v) is 8.86. The van der Waals surface area contributed by atoms with Crippen LogP contribution in [0.15, 0.2) is 55.4 Å². The van der Waals surface area contributed by atoms with Crippen LogP contribution in [0.4, 0.5) is 5.69 Å². The van der Waals surface area contributed by atoms with Gasteiger partial charge in [0, 0.05) is 44.7 Å². The third kappa shape index (κ3) is 4.50. The lowest BCUT2D eigenvalue weighted by molar-refractivity contribution is -0.122. The number of aryl methyl sites for hydroxylation is 1. The van der Waals surface area contributed by atoms with Crippen molar-refractivity contribution >= 4 is 11.6 Å². The van der Waals surface area contributed by atoms with Crippen molar-refractivity contribution in [3.05, 3.63) is 60.9 Å². The van der Waals surface area contributed by atoms with Gasteiger partial charge in [0.2, 0.25) is 5.91 Å². The van der Waals surface area contributed by atoms with Gasteiger partial charge in [-0.1, -0.05) is 36.4 Å². The first kappa shape index (κ1) is 17.3. The standard InChI is InChI=1S/C20H26N4O/c1-3-16(17-8-5-4-6-9-17)12-20(25)22-18-10-7-11-24(14-18)19-13-21-23(2)15-19/h3-6,8-9,13,15-16,18H,1,7,10-12,14H2,2H3,(H,22,25)/t16-,18+/m0/s1. The van der Waals surface area contributed by atoms with Crippen molar-refractivity contribution in [1.29, 1.82) is 0 Å². The summed E-state index contributed by atoms with van der Waals surface area (Å²) in [6, 6.07) is 10.3. The Morgan fingerprint density at radius 3 is 2.92 bits per heavy atom. The Morgan fingerprint density at radius 1 is 1.44 bits per heavy atom. The quantitative estimate of drug-likeness (QED) is 0.824. The minimum Gasteiger partial charge on any atom is -0.367 e. The van der Waals surface area contributed by atoms with Crippen LogP contribution >= 0.6 is 0 Å². The second-order valence-electron chi connectivity index (χ2n) is 6.68. The Hall–Kier alpha value is -2.56. The molecule has 2 aromatic rings. The molecule has 0 aliphatic carbocycles. The molecule has 1 fully saturated rings. The van der Waals surface area contributed by atoms with Crippen molar-refractivity contribution in [2.45, 2.75) is 31.2 Å². The highest BCUT2D eigenvalue weighted by atomic mass is 16.1. The number of hydrogen-bond acceptors (Lipinski definition) is 3. The maximum atomic E-state index is 12.5. The van der Waals surface area contributed by atoms with Crippen LogP contribution in [0.2, 0.25) is 0 Å². The fourth-order valence-electron chi connectivity index (χ4n) is 3.42. The van der Waals surface area contributed by atoms with E-state index in [-0.39, 0.29) is 17.9 Å². The van der Waals surface area contributed by atoms with Crippen molar-refractivity contribution in [3.8, 4) is 0 Å². The van der Waals surface area contributed by atoms with Crippen LogP contribution in [0, 0.1) is 0 Å². The van der Waals surface area contributed by atoms with E-state index < -0.39 is 0 Å². The average Bonchev–Trinajstić information content (AvgIpc) is 3.07. The topological polar surface area (TPSA) is 50.2 Å². The maximum absolute atomic E-state index is 12.5. The number of anilines is 1. The molecule has 1 aliphatic rings. The van der Waals surface area contributed by atoms with Crippen molar-refractivity contribution in [2.75, 3.05) is 18.0 Å². The van der Waals surface area contributed by atoms with E-state index in [2.05, 4.69) is 21.9 Å². The number of piperidine rings is 1. The Bertz CT molecular complexity index is 709. The highest BCUT2D eigenvalue weighted by Crippen LogP contribution is 2.22. The van der Waals surface area contributed by atoms with Crippen LogP contribution < -0.4 is 10.2 Å². The molecule has 5 nitrogen and oxygen atoms in total. The largest absolute Gasteiger partial charge is 0.367 e. The molecule has 3 rings (SSSR count). The van der Waals surface area contributed by atoms with Crippen molar-refractivity contribution in [1.82, 2.24) is 15.1 Å². The van der Waals surface area contributed by atoms with Crippen molar-refractivity contribution in [3.63, 3.8) is 0 Å². The molecule has 1 aromatic carbocycles. The van der Waals surface area contributed by atoms with Crippen LogP contribution in [0.5, 0.6) is 0 Å². The molecule has 1 aliphatic heterocycles. The third-order valence-corrected chi connectivity index (χ3v) is 4.76. The number of benzene rings is 1. The SMILES string of the molecule is C=C[C@@H](CC(=O)N[C@@H]1CCCN(c2cnn(C)c2)C1)c1ccccc1. The zero-order valence-electron chi connectivity index (χ0n) is 14.8. The fraction of sp³-hybridized carbons (Fsp3) is 0.400. The Morgan fingerprint density at radius 2 is 2.24 bits per heavy atom. The minimum atomic E-state index is 0.0548. The number of carbonyl (C=O) groups is 1. The molecule has 0 spiro atoms. The van der Waals surface area contributed by atoms with Gasteiger partial charge >= 0.3 is 0 Å². The van der Waals surface area contributed by atoms with E-state index in [1.54, 1.807) is 0 Å². The number of carbonyl (C=O) groups excluding carboxylic acids is 1. The van der Waals surface area contributed by atoms with Gasteiger partial charge in [0.15, 0.2) is 0 Å². The Kier molecular flexibility index (Phi) is 5.53. The molecule has 1 aromatic heterocycles. The number of allylic oxidation sites excluding steroid dienone is 1. The molecule has 5 heteroatoms. The summed E-state index contributed by atoms with van der Waals surface area (Å²) in [4.78, 5) is 14.8. The maximum Gasteiger partial charge on any atom is 0.221 e. The first-order chi connectivity index (χ1) is 12.2. The molecule has 2 atom stereocenters. The summed E-state index contributed by atoms with van der Waals surface area (Å²) in [5.74, 6) is 0.144. The summed E-state index contributed by atoms with van der Waals surface area (Å²) < 4.78 is 1.81. The lowest BCUT2D eigenvalue weighted by atomic mass is 9.95. The van der Waals surface area contributed by atoms with Crippen LogP contribution in [0.3, 0.4) is 0 Å². The Balaban J connectivity index is 1.56. The van der Waals surface area contributed by atoms with Gasteiger partial charge in [-0.25, -0.2) is 0 Å². The predicted molar refractivity (Wildman–Crippen MR) is 101 cm³/mol. The molecule has 0 unspecified atom stereocenters. The minimum absolute atomic E-state index is 0.0548. The average molecular weight is 338 g/mol. The molecule has 0 bridgehead atoms. The second-order valence-corrected chi connectivity index (χ2v) is 6.68. The summed E-state index contributed by atoms with van der Waals surface area (Å²) in [6.07, 6.45) is 8.30. The van der Waals surface area contributed by atoms with Gasteiger partial charge in [0.1, 0.15) is 0 Å². The van der Waals surface area contributed by atoms with Crippen LogP contribution in [-0.4, -0.2) is 34.8 Å². The summed E-state index contributed by atoms with van der Waals surface area (Å²) >= 11 is 0. The van der Waals surface area contributed by atoms with Gasteiger partial charge < -0.3 is 10.2 Å². The fourth-order valence-corrected chi connectivity index (χ4v) is 3.42. The number of aromatic nitrogens is 2.